The molecule has 31 heavy (non-hydrogen) atoms. The average Bonchev–Trinajstić information content (AvgIpc) is 3.31. The topological polar surface area (TPSA) is 120 Å². The van der Waals surface area contributed by atoms with Crippen molar-refractivity contribution < 1.29 is 24.2 Å². The van der Waals surface area contributed by atoms with E-state index in [2.05, 4.69) is 20.9 Å². The molecule has 9 heteroatoms. The summed E-state index contributed by atoms with van der Waals surface area (Å²) in [5, 5.41) is 17.4. The maximum absolute atomic E-state index is 12.4. The lowest BCUT2D eigenvalue weighted by atomic mass is 10.1. The molecule has 0 bridgehead atoms. The Labute approximate surface area is 180 Å². The molecule has 1 aliphatic heterocycles. The zero-order valence-electron chi connectivity index (χ0n) is 17.3. The van der Waals surface area contributed by atoms with Gasteiger partial charge >= 0.3 is 12.0 Å². The minimum absolute atomic E-state index is 0.0828. The number of hydrogen-bond donors (Lipinski definition) is 4. The minimum Gasteiger partial charge on any atom is -0.508 e. The second kappa shape index (κ2) is 10.3. The normalized spacial score (nSPS) is 12.9. The van der Waals surface area contributed by atoms with Crippen molar-refractivity contribution in [1.29, 1.82) is 0 Å². The number of amides is 3. The maximum Gasteiger partial charge on any atom is 0.337 e. The number of urea groups is 1. The molecule has 0 unspecified atom stereocenters. The fourth-order valence-electron chi connectivity index (χ4n) is 3.35. The number of methoxy groups -OCH3 is 1. The van der Waals surface area contributed by atoms with Gasteiger partial charge in [0.05, 0.1) is 24.0 Å². The molecule has 0 aromatic heterocycles. The summed E-state index contributed by atoms with van der Waals surface area (Å²) in [7, 11) is 1.31. The highest BCUT2D eigenvalue weighted by molar-refractivity contribution is 5.97. The van der Waals surface area contributed by atoms with Crippen LogP contribution in [0.4, 0.5) is 16.2 Å². The van der Waals surface area contributed by atoms with Crippen molar-refractivity contribution in [1.82, 2.24) is 10.6 Å². The van der Waals surface area contributed by atoms with Gasteiger partial charge < -0.3 is 30.7 Å². The lowest BCUT2D eigenvalue weighted by Crippen LogP contribution is -2.37. The third-order valence-electron chi connectivity index (χ3n) is 4.94. The number of benzene rings is 2. The van der Waals surface area contributed by atoms with Crippen LogP contribution < -0.4 is 20.9 Å². The number of nitrogens with one attached hydrogen (secondary N) is 3. The minimum atomic E-state index is -0.478. The number of nitrogens with zero attached hydrogens (tertiary/aromatic N) is 1. The van der Waals surface area contributed by atoms with Crippen molar-refractivity contribution in [2.24, 2.45) is 0 Å². The number of rotatable bonds is 7. The van der Waals surface area contributed by atoms with E-state index in [9.17, 15) is 19.5 Å². The van der Waals surface area contributed by atoms with Gasteiger partial charge in [-0.3, -0.25) is 4.79 Å². The van der Waals surface area contributed by atoms with Crippen LogP contribution in [0.15, 0.2) is 42.5 Å². The van der Waals surface area contributed by atoms with E-state index in [1.807, 2.05) is 6.07 Å². The van der Waals surface area contributed by atoms with Crippen molar-refractivity contribution in [2.45, 2.75) is 12.8 Å². The van der Waals surface area contributed by atoms with Crippen LogP contribution in [0.25, 0.3) is 0 Å². The SMILES string of the molecule is COC(=O)c1ccc(N2CCCC2)c(NC(=O)NCCNC(=O)c2ccc(O)cc2)c1. The summed E-state index contributed by atoms with van der Waals surface area (Å²) in [6.45, 7) is 2.22. The van der Waals surface area contributed by atoms with Gasteiger partial charge in [0.25, 0.3) is 5.91 Å². The average molecular weight is 426 g/mol. The Bertz CT molecular complexity index is 939. The number of esters is 1. The summed E-state index contributed by atoms with van der Waals surface area (Å²) in [6, 6.07) is 10.5. The van der Waals surface area contributed by atoms with Crippen molar-refractivity contribution in [2.75, 3.05) is 43.5 Å². The molecule has 1 heterocycles. The number of phenolic OH excluding ortho intramolecular Hbond substituents is 1. The van der Waals surface area contributed by atoms with Crippen LogP contribution in [0.5, 0.6) is 5.75 Å². The number of ether oxygens (including phenoxy) is 1. The third-order valence-corrected chi connectivity index (χ3v) is 4.94. The maximum atomic E-state index is 12.4. The van der Waals surface area contributed by atoms with Crippen LogP contribution in [0.1, 0.15) is 33.6 Å². The highest BCUT2D eigenvalue weighted by Crippen LogP contribution is 2.30. The van der Waals surface area contributed by atoms with Crippen LogP contribution >= 0.6 is 0 Å². The summed E-state index contributed by atoms with van der Waals surface area (Å²) in [6.07, 6.45) is 2.15. The Balaban J connectivity index is 1.55. The number of hydrogen-bond acceptors (Lipinski definition) is 6. The van der Waals surface area contributed by atoms with E-state index in [1.165, 1.54) is 31.4 Å². The number of carbonyl (C=O) groups excluding carboxylic acids is 3. The molecule has 0 aliphatic carbocycles. The van der Waals surface area contributed by atoms with Gasteiger partial charge in [-0.1, -0.05) is 0 Å². The molecule has 3 rings (SSSR count). The molecular formula is C22H26N4O5. The second-order valence-electron chi connectivity index (χ2n) is 7.10. The quantitative estimate of drug-likeness (QED) is 0.398. The zero-order chi connectivity index (χ0) is 22.2. The van der Waals surface area contributed by atoms with Gasteiger partial charge in [-0.2, -0.15) is 0 Å². The molecule has 2 aromatic carbocycles. The molecule has 0 radical (unpaired) electrons. The summed E-state index contributed by atoms with van der Waals surface area (Å²) in [5.41, 5.74) is 2.13. The highest BCUT2D eigenvalue weighted by Gasteiger charge is 2.19. The van der Waals surface area contributed by atoms with Gasteiger partial charge in [0.15, 0.2) is 0 Å². The Morgan fingerprint density at radius 2 is 1.61 bits per heavy atom. The first kappa shape index (κ1) is 21.9. The fraction of sp³-hybridized carbons (Fsp3) is 0.318. The highest BCUT2D eigenvalue weighted by atomic mass is 16.5. The van der Waals surface area contributed by atoms with Gasteiger partial charge in [0.2, 0.25) is 0 Å². The van der Waals surface area contributed by atoms with E-state index in [0.717, 1.165) is 31.6 Å². The molecule has 9 nitrogen and oxygen atoms in total. The Morgan fingerprint density at radius 1 is 0.968 bits per heavy atom. The largest absolute Gasteiger partial charge is 0.508 e. The zero-order valence-corrected chi connectivity index (χ0v) is 17.3. The van der Waals surface area contributed by atoms with Gasteiger partial charge in [0.1, 0.15) is 5.75 Å². The predicted molar refractivity (Wildman–Crippen MR) is 117 cm³/mol. The van der Waals surface area contributed by atoms with Crippen molar-refractivity contribution >= 4 is 29.3 Å². The van der Waals surface area contributed by atoms with Crippen LogP contribution in [0.3, 0.4) is 0 Å². The van der Waals surface area contributed by atoms with E-state index in [1.54, 1.807) is 12.1 Å². The molecule has 0 atom stereocenters. The number of carbonyl (C=O) groups is 3. The van der Waals surface area contributed by atoms with Crippen LogP contribution in [-0.2, 0) is 4.74 Å². The van der Waals surface area contributed by atoms with Crippen LogP contribution in [0.2, 0.25) is 0 Å². The third kappa shape index (κ3) is 5.88. The van der Waals surface area contributed by atoms with E-state index in [4.69, 9.17) is 4.74 Å². The first-order valence-electron chi connectivity index (χ1n) is 10.1. The van der Waals surface area contributed by atoms with Gasteiger partial charge in [0, 0.05) is 31.7 Å². The smallest absolute Gasteiger partial charge is 0.337 e. The molecular weight excluding hydrogens is 400 g/mol. The second-order valence-corrected chi connectivity index (χ2v) is 7.10. The first-order valence-corrected chi connectivity index (χ1v) is 10.1. The molecule has 1 aliphatic rings. The summed E-state index contributed by atoms with van der Waals surface area (Å²) in [5.74, 6) is -0.697. The molecule has 3 amide bonds. The van der Waals surface area contributed by atoms with Crippen molar-refractivity contribution in [3.63, 3.8) is 0 Å². The lowest BCUT2D eigenvalue weighted by Gasteiger charge is -2.22. The molecule has 1 fully saturated rings. The van der Waals surface area contributed by atoms with Gasteiger partial charge in [-0.25, -0.2) is 9.59 Å². The van der Waals surface area contributed by atoms with E-state index < -0.39 is 12.0 Å². The van der Waals surface area contributed by atoms with E-state index in [0.29, 0.717) is 16.8 Å². The molecule has 164 valence electrons. The Kier molecular flexibility index (Phi) is 7.31. The monoisotopic (exact) mass is 426 g/mol. The summed E-state index contributed by atoms with van der Waals surface area (Å²) < 4.78 is 4.77. The van der Waals surface area contributed by atoms with Crippen LogP contribution in [-0.4, -0.2) is 56.3 Å². The summed E-state index contributed by atoms with van der Waals surface area (Å²) >= 11 is 0. The van der Waals surface area contributed by atoms with Crippen molar-refractivity contribution in [3.05, 3.63) is 53.6 Å². The molecule has 4 N–H and O–H groups in total. The first-order chi connectivity index (χ1) is 15.0. The predicted octanol–water partition coefficient (Wildman–Crippen LogP) is 2.33. The molecule has 1 saturated heterocycles. The number of aromatic hydroxyl groups is 1. The van der Waals surface area contributed by atoms with E-state index >= 15 is 0 Å². The molecule has 0 spiro atoms. The van der Waals surface area contributed by atoms with E-state index in [-0.39, 0.29) is 24.7 Å². The number of phenols is 1. The van der Waals surface area contributed by atoms with Gasteiger partial charge in [-0.15, -0.1) is 0 Å². The fourth-order valence-corrected chi connectivity index (χ4v) is 3.35. The van der Waals surface area contributed by atoms with Gasteiger partial charge in [-0.05, 0) is 55.3 Å². The van der Waals surface area contributed by atoms with Crippen molar-refractivity contribution in [3.8, 4) is 5.75 Å². The van der Waals surface area contributed by atoms with Crippen LogP contribution in [0, 0.1) is 0 Å². The number of anilines is 2. The lowest BCUT2D eigenvalue weighted by molar-refractivity contribution is 0.0600. The molecule has 2 aromatic rings. The Hall–Kier alpha value is -3.75. The Morgan fingerprint density at radius 3 is 2.29 bits per heavy atom. The summed E-state index contributed by atoms with van der Waals surface area (Å²) in [4.78, 5) is 38.5. The standard InChI is InChI=1S/C22H26N4O5/c1-31-21(29)16-6-9-19(26-12-2-3-13-26)18(14-16)25-22(30)24-11-10-23-20(28)15-4-7-17(27)8-5-15/h4-9,14,27H,2-3,10-13H2,1H3,(H,23,28)(H2,24,25,30). The molecule has 0 saturated carbocycles.